The zero-order valence-electron chi connectivity index (χ0n) is 36.2. The molecule has 3 nitrogen and oxygen atoms in total. The summed E-state index contributed by atoms with van der Waals surface area (Å²) < 4.78 is 47.2. The van der Waals surface area contributed by atoms with E-state index in [0.717, 1.165) is 28.1 Å². The molecule has 0 atom stereocenters. The average molecular weight is 922 g/mol. The Morgan fingerprint density at radius 1 is 0.643 bits per heavy atom. The van der Waals surface area contributed by atoms with Crippen LogP contribution in [0, 0.1) is 32.1 Å². The number of rotatable bonds is 5. The fourth-order valence-corrected chi connectivity index (χ4v) is 7.95. The summed E-state index contributed by atoms with van der Waals surface area (Å²) in [6.45, 7) is -2.16. The summed E-state index contributed by atoms with van der Waals surface area (Å²) in [6, 6.07) is 58.0. The molecule has 3 aromatic heterocycles. The predicted molar refractivity (Wildman–Crippen MR) is 232 cm³/mol. The molecule has 0 N–H and O–H groups in total. The second-order valence-corrected chi connectivity index (χ2v) is 14.2. The Bertz CT molecular complexity index is 3040. The molecule has 0 spiro atoms. The van der Waals surface area contributed by atoms with Gasteiger partial charge in [0.15, 0.2) is 0 Å². The topological polar surface area (TPSA) is 30.7 Å². The summed E-state index contributed by atoms with van der Waals surface area (Å²) >= 11 is 1.66. The van der Waals surface area contributed by atoms with E-state index in [4.69, 9.17) is 13.2 Å². The summed E-state index contributed by atoms with van der Waals surface area (Å²) in [5.74, 6) is 0.908. The summed E-state index contributed by atoms with van der Waals surface area (Å²) in [7, 11) is 0. The molecule has 10 aromatic rings. The van der Waals surface area contributed by atoms with Crippen molar-refractivity contribution in [2.75, 3.05) is 0 Å². The van der Waals surface area contributed by atoms with Crippen LogP contribution in [-0.2, 0) is 20.1 Å². The van der Waals surface area contributed by atoms with Gasteiger partial charge in [-0.3, -0.25) is 16.3 Å². The van der Waals surface area contributed by atoms with Crippen LogP contribution in [0.3, 0.4) is 0 Å². The molecule has 5 heteroatoms. The van der Waals surface area contributed by atoms with Gasteiger partial charge in [-0.05, 0) is 76.8 Å². The van der Waals surface area contributed by atoms with E-state index in [-0.39, 0.29) is 31.2 Å². The van der Waals surface area contributed by atoms with Crippen LogP contribution in [-0.4, -0.2) is 14.5 Å². The van der Waals surface area contributed by atoms with Gasteiger partial charge in [0.05, 0.1) is 22.5 Å². The van der Waals surface area contributed by atoms with Crippen molar-refractivity contribution in [1.29, 1.82) is 0 Å². The van der Waals surface area contributed by atoms with E-state index in [1.54, 1.807) is 23.5 Å². The number of fused-ring (bicyclic) bond motifs is 3. The Kier molecular flexibility index (Phi) is 8.66. The van der Waals surface area contributed by atoms with Crippen molar-refractivity contribution in [2.45, 2.75) is 20.6 Å². The van der Waals surface area contributed by atoms with Crippen LogP contribution in [0.2, 0.25) is 0 Å². The Hall–Kier alpha value is -5.97. The maximum Gasteiger partial charge on any atom is 0.0774 e. The van der Waals surface area contributed by atoms with Gasteiger partial charge in [-0.15, -0.1) is 40.8 Å². The first kappa shape index (κ1) is 30.3. The van der Waals surface area contributed by atoms with E-state index in [2.05, 4.69) is 161 Å². The molecule has 0 saturated carbocycles. The van der Waals surface area contributed by atoms with E-state index in [0.29, 0.717) is 11.3 Å². The van der Waals surface area contributed by atoms with Gasteiger partial charge in [-0.1, -0.05) is 144 Å². The molecule has 0 aliphatic heterocycles. The van der Waals surface area contributed by atoms with E-state index < -0.39 is 13.7 Å². The Morgan fingerprint density at radius 2 is 1.29 bits per heavy atom. The third kappa shape index (κ3) is 7.25. The number of hydrogen-bond donors (Lipinski definition) is 0. The molecule has 3 heterocycles. The van der Waals surface area contributed by atoms with Crippen LogP contribution in [0.25, 0.3) is 82.5 Å². The second kappa shape index (κ2) is 16.0. The maximum absolute atomic E-state index is 7.28. The Balaban J connectivity index is 0.000000214. The van der Waals surface area contributed by atoms with Crippen molar-refractivity contribution in [2.24, 2.45) is 0 Å². The molecule has 1 radical (unpaired) electrons. The number of aryl methyl sites for hydroxylation is 3. The van der Waals surface area contributed by atoms with Gasteiger partial charge in [0.1, 0.15) is 0 Å². The number of imidazole rings is 1. The van der Waals surface area contributed by atoms with Crippen molar-refractivity contribution in [3.8, 4) is 50.6 Å². The van der Waals surface area contributed by atoms with Gasteiger partial charge in [0, 0.05) is 45.7 Å². The number of hydrogen-bond acceptors (Lipinski definition) is 3. The van der Waals surface area contributed by atoms with E-state index in [9.17, 15) is 0 Å². The molecular formula is C51H37IrN3S-2. The molecule has 0 saturated heterocycles. The normalized spacial score (nSPS) is 13.0. The zero-order valence-corrected chi connectivity index (χ0v) is 33.5. The number of para-hydroxylation sites is 2. The molecule has 0 aliphatic rings. The smallest absolute Gasteiger partial charge is 0.0774 e. The number of pyridine rings is 1. The Morgan fingerprint density at radius 3 is 1.93 bits per heavy atom. The van der Waals surface area contributed by atoms with Gasteiger partial charge in [-0.25, -0.2) is 0 Å². The SMILES string of the molecule is Cc1cc(-c2ccccc2)c(-n2c(-c3[c-]sc4cc5ccccc5cc34)nc3ccccc32)c(-c2ccccc2)c1.[2H]C([2H])([2H])c1c[c-]c(-c2ccc(C([2H])([2H])[2H])cn2)cc1.[Ir]. The molecule has 7 aromatic carbocycles. The van der Waals surface area contributed by atoms with Gasteiger partial charge >= 0.3 is 0 Å². The third-order valence-corrected chi connectivity index (χ3v) is 10.5. The second-order valence-electron chi connectivity index (χ2n) is 13.4. The standard InChI is InChI=1S/C38H25N2S.C13H12N.Ir/c1-25-20-30(26-12-4-2-5-13-26)37(31(21-25)27-14-6-3-7-15-27)40-35-19-11-10-18-34(35)39-38(40)33-24-41-36-23-29-17-9-8-16-28(29)22-32(33)36;1-10-3-6-12(7-4-10)13-8-5-11(2)9-14-13;/h2-23H,1H3;3-6,8-9H,1-2H3;/q2*-1;/i;1D3,2D3;. The van der Waals surface area contributed by atoms with E-state index >= 15 is 0 Å². The number of benzene rings is 7. The maximum atomic E-state index is 7.28. The Labute approximate surface area is 353 Å². The average Bonchev–Trinajstić information content (AvgIpc) is 3.86. The monoisotopic (exact) mass is 922 g/mol. The molecule has 56 heavy (non-hydrogen) atoms. The van der Waals surface area contributed by atoms with Crippen LogP contribution in [0.5, 0.6) is 0 Å². The first-order valence-electron chi connectivity index (χ1n) is 21.0. The zero-order chi connectivity index (χ0) is 42.3. The molecule has 0 unspecified atom stereocenters. The number of aromatic nitrogens is 3. The van der Waals surface area contributed by atoms with Crippen LogP contribution >= 0.6 is 11.3 Å². The first-order valence-corrected chi connectivity index (χ1v) is 18.8. The largest absolute Gasteiger partial charge is 0.332 e. The summed E-state index contributed by atoms with van der Waals surface area (Å²) in [6.07, 6.45) is 1.30. The molecule has 0 amide bonds. The summed E-state index contributed by atoms with van der Waals surface area (Å²) in [5, 5.41) is 7.31. The molecule has 10 rings (SSSR count). The van der Waals surface area contributed by atoms with Crippen LogP contribution in [0.15, 0.2) is 170 Å². The molecule has 0 bridgehead atoms. The quantitative estimate of drug-likeness (QED) is 0.161. The van der Waals surface area contributed by atoms with Crippen LogP contribution < -0.4 is 0 Å². The fraction of sp³-hybridized carbons (Fsp3) is 0.0588. The van der Waals surface area contributed by atoms with Crippen molar-refractivity contribution in [1.82, 2.24) is 14.5 Å². The van der Waals surface area contributed by atoms with Crippen LogP contribution in [0.4, 0.5) is 0 Å². The van der Waals surface area contributed by atoms with Gasteiger partial charge in [0.25, 0.3) is 0 Å². The minimum absolute atomic E-state index is 0. The van der Waals surface area contributed by atoms with Gasteiger partial charge in [-0.2, -0.15) is 0 Å². The number of thiophene rings is 1. The fourth-order valence-electron chi connectivity index (χ4n) is 7.08. The van der Waals surface area contributed by atoms with Crippen molar-refractivity contribution in [3.63, 3.8) is 0 Å². The van der Waals surface area contributed by atoms with E-state index in [1.165, 1.54) is 73.1 Å². The molecule has 0 fully saturated rings. The third-order valence-electron chi connectivity index (χ3n) is 9.66. The van der Waals surface area contributed by atoms with Crippen molar-refractivity contribution >= 4 is 43.2 Å². The van der Waals surface area contributed by atoms with Gasteiger partial charge < -0.3 is 9.55 Å². The molecular weight excluding hydrogens is 879 g/mol. The molecule has 273 valence electrons. The van der Waals surface area contributed by atoms with Gasteiger partial charge in [0.2, 0.25) is 0 Å². The minimum Gasteiger partial charge on any atom is -0.332 e. The number of nitrogens with zero attached hydrogens (tertiary/aromatic N) is 3. The first-order chi connectivity index (χ1) is 29.4. The van der Waals surface area contributed by atoms with E-state index in [1.807, 2.05) is 0 Å². The van der Waals surface area contributed by atoms with Crippen molar-refractivity contribution in [3.05, 3.63) is 198 Å². The minimum atomic E-state index is -2.18. The predicted octanol–water partition coefficient (Wildman–Crippen LogP) is 13.7. The van der Waals surface area contributed by atoms with Crippen LogP contribution in [0.1, 0.15) is 24.9 Å². The van der Waals surface area contributed by atoms with Crippen molar-refractivity contribution < 1.29 is 28.3 Å². The summed E-state index contributed by atoms with van der Waals surface area (Å²) in [5.41, 5.74) is 11.7. The molecule has 0 aliphatic carbocycles. The summed E-state index contributed by atoms with van der Waals surface area (Å²) in [4.78, 5) is 9.37.